The number of carbonyl (C=O) groups excluding carboxylic acids is 4. The Balaban J connectivity index is 1.36. The van der Waals surface area contributed by atoms with Crippen LogP contribution in [0.3, 0.4) is 0 Å². The molecule has 5 heterocycles. The van der Waals surface area contributed by atoms with Crippen molar-refractivity contribution in [2.75, 3.05) is 11.5 Å². The van der Waals surface area contributed by atoms with E-state index in [4.69, 9.17) is 11.5 Å². The first-order chi connectivity index (χ1) is 17.2. The molecule has 0 bridgehead atoms. The molecule has 0 saturated carbocycles. The predicted molar refractivity (Wildman–Crippen MR) is 124 cm³/mol. The van der Waals surface area contributed by atoms with E-state index >= 15 is 0 Å². The second-order valence-electron chi connectivity index (χ2n) is 7.62. The van der Waals surface area contributed by atoms with E-state index in [0.717, 1.165) is 21.3 Å². The van der Waals surface area contributed by atoms with Gasteiger partial charge in [-0.2, -0.15) is 13.8 Å². The summed E-state index contributed by atoms with van der Waals surface area (Å²) in [7, 11) is 0. The number of nitrogens with two attached hydrogens (primary N) is 2. The zero-order valence-corrected chi connectivity index (χ0v) is 20.3. The predicted octanol–water partition coefficient (Wildman–Crippen LogP) is -2.90. The normalized spacial score (nSPS) is 19.8. The summed E-state index contributed by atoms with van der Waals surface area (Å²) in [4.78, 5) is 54.6. The molecule has 0 aromatic carbocycles. The van der Waals surface area contributed by atoms with Crippen molar-refractivity contribution in [1.82, 2.24) is 24.0 Å². The Bertz CT molecular complexity index is 1500. The number of carboxylic acid groups (broad SMARTS) is 1. The van der Waals surface area contributed by atoms with Crippen LogP contribution in [0.25, 0.3) is 4.83 Å². The maximum Gasteiger partial charge on any atom is 0.289 e. The standard InChI is InChI=1S/C18H15N9O6S3/c19-12(28)7-4-34-8-2-25(5-26(7)8)1-6-3-35-16-10(15(30)27(16)11(6)17(31)32)21-14(29)9(23-33)13-22-18(20)36-24-13/h2,4-5,10,16H,1,3H2,(H6-,19,20,21,22,24,28,29,31,32,33)/t10-,16-/m1/s1. The fourth-order valence-electron chi connectivity index (χ4n) is 3.89. The van der Waals surface area contributed by atoms with Gasteiger partial charge in [-0.25, -0.2) is 4.57 Å². The van der Waals surface area contributed by atoms with Gasteiger partial charge in [0.2, 0.25) is 22.1 Å². The van der Waals surface area contributed by atoms with Gasteiger partial charge in [-0.3, -0.25) is 19.3 Å². The minimum atomic E-state index is -1.53. The molecule has 2 aliphatic rings. The number of carboxylic acids is 1. The minimum Gasteiger partial charge on any atom is -0.543 e. The smallest absolute Gasteiger partial charge is 0.289 e. The summed E-state index contributed by atoms with van der Waals surface area (Å²) >= 11 is 3.34. The quantitative estimate of drug-likeness (QED) is 0.0773. The Morgan fingerprint density at radius 3 is 2.81 bits per heavy atom. The average Bonchev–Trinajstić information content (AvgIpc) is 3.53. The van der Waals surface area contributed by atoms with Gasteiger partial charge in [-0.15, -0.1) is 11.8 Å². The molecule has 0 unspecified atom stereocenters. The summed E-state index contributed by atoms with van der Waals surface area (Å²) in [5, 5.41) is 27.5. The second-order valence-corrected chi connectivity index (χ2v) is 10.4. The lowest BCUT2D eigenvalue weighted by Crippen LogP contribution is -2.71. The number of imidazole rings is 1. The molecule has 1 saturated heterocycles. The summed E-state index contributed by atoms with van der Waals surface area (Å²) in [5.41, 5.74) is 10.8. The molecule has 5 rings (SSSR count). The first-order valence-electron chi connectivity index (χ1n) is 9.98. The summed E-state index contributed by atoms with van der Waals surface area (Å²) in [6.45, 7) is 0.120. The van der Waals surface area contributed by atoms with E-state index in [1.807, 2.05) is 0 Å². The Morgan fingerprint density at radius 2 is 2.17 bits per heavy atom. The maximum atomic E-state index is 12.9. The molecule has 3 aromatic heterocycles. The number of anilines is 1. The number of thioether (sulfide) groups is 1. The molecule has 6 N–H and O–H groups in total. The SMILES string of the molecule is NC(=O)c1csc2c[n+](CC3=C(C(=O)[O-])N4C(=O)[C@@H](NC(=O)/C(=N\O)c5nsc(N)n5)[C@H]4SC3)cn12. The van der Waals surface area contributed by atoms with Crippen LogP contribution in [0.15, 0.2) is 34.3 Å². The molecule has 2 aliphatic heterocycles. The van der Waals surface area contributed by atoms with E-state index in [1.54, 1.807) is 26.9 Å². The highest BCUT2D eigenvalue weighted by atomic mass is 32.2. The number of carbonyl (C=O) groups is 4. The molecule has 0 spiro atoms. The Hall–Kier alpha value is -4.03. The van der Waals surface area contributed by atoms with Crippen LogP contribution in [0.1, 0.15) is 16.3 Å². The third-order valence-corrected chi connectivity index (χ3v) is 8.22. The summed E-state index contributed by atoms with van der Waals surface area (Å²) in [5.74, 6) is -3.70. The molecule has 186 valence electrons. The largest absolute Gasteiger partial charge is 0.543 e. The van der Waals surface area contributed by atoms with Crippen LogP contribution in [-0.2, 0) is 20.9 Å². The Labute approximate surface area is 212 Å². The van der Waals surface area contributed by atoms with E-state index in [0.29, 0.717) is 11.3 Å². The van der Waals surface area contributed by atoms with Crippen molar-refractivity contribution >= 4 is 74.0 Å². The molecule has 15 nitrogen and oxygen atoms in total. The van der Waals surface area contributed by atoms with Crippen LogP contribution in [0, 0.1) is 0 Å². The molecule has 1 fully saturated rings. The number of hydrogen-bond donors (Lipinski definition) is 4. The van der Waals surface area contributed by atoms with Crippen LogP contribution in [0.2, 0.25) is 0 Å². The number of aromatic nitrogens is 4. The fraction of sp³-hybridized carbons (Fsp3) is 0.222. The Morgan fingerprint density at radius 1 is 1.39 bits per heavy atom. The van der Waals surface area contributed by atoms with Crippen LogP contribution < -0.4 is 26.5 Å². The van der Waals surface area contributed by atoms with E-state index in [9.17, 15) is 29.5 Å². The topological polar surface area (TPSA) is 225 Å². The molecular weight excluding hydrogens is 534 g/mol. The molecule has 0 radical (unpaired) electrons. The number of nitrogens with zero attached hydrogens (tertiary/aromatic N) is 6. The second kappa shape index (κ2) is 8.88. The van der Waals surface area contributed by atoms with Gasteiger partial charge < -0.3 is 31.9 Å². The zero-order chi connectivity index (χ0) is 25.7. The maximum absolute atomic E-state index is 12.9. The van der Waals surface area contributed by atoms with Crippen molar-refractivity contribution in [2.24, 2.45) is 10.9 Å². The third-order valence-electron chi connectivity index (χ3n) is 5.45. The number of fused-ring (bicyclic) bond motifs is 2. The average molecular weight is 550 g/mol. The molecule has 18 heteroatoms. The molecular formula is C18H15N9O6S3. The number of hydrogen-bond acceptors (Lipinski definition) is 13. The van der Waals surface area contributed by atoms with Gasteiger partial charge in [0.25, 0.3) is 24.0 Å². The third kappa shape index (κ3) is 3.84. The van der Waals surface area contributed by atoms with Gasteiger partial charge in [-0.05, 0) is 0 Å². The Kier molecular flexibility index (Phi) is 5.85. The van der Waals surface area contributed by atoms with Gasteiger partial charge in [0.05, 0.1) is 11.7 Å². The van der Waals surface area contributed by atoms with Gasteiger partial charge in [-0.1, -0.05) is 16.5 Å². The van der Waals surface area contributed by atoms with E-state index < -0.39 is 40.8 Å². The van der Waals surface area contributed by atoms with E-state index in [-0.39, 0.29) is 29.0 Å². The van der Waals surface area contributed by atoms with Crippen LogP contribution in [-0.4, -0.2) is 70.4 Å². The first-order valence-corrected chi connectivity index (χ1v) is 12.7. The molecule has 3 amide bonds. The zero-order valence-electron chi connectivity index (χ0n) is 17.9. The number of aliphatic carboxylic acids is 1. The highest BCUT2D eigenvalue weighted by Crippen LogP contribution is 2.40. The number of oxime groups is 1. The molecule has 2 atom stereocenters. The highest BCUT2D eigenvalue weighted by molar-refractivity contribution is 8.00. The highest BCUT2D eigenvalue weighted by Gasteiger charge is 2.53. The number of nitrogens with one attached hydrogen (secondary N) is 1. The fourth-order valence-corrected chi connectivity index (χ4v) is 6.58. The van der Waals surface area contributed by atoms with Gasteiger partial charge in [0.1, 0.15) is 24.2 Å². The van der Waals surface area contributed by atoms with Crippen molar-refractivity contribution in [1.29, 1.82) is 0 Å². The lowest BCUT2D eigenvalue weighted by Gasteiger charge is -2.50. The molecule has 36 heavy (non-hydrogen) atoms. The van der Waals surface area contributed by atoms with Gasteiger partial charge in [0.15, 0.2) is 5.13 Å². The van der Waals surface area contributed by atoms with Crippen molar-refractivity contribution in [3.05, 3.63) is 40.7 Å². The number of nitrogen functional groups attached to an aromatic ring is 1. The summed E-state index contributed by atoms with van der Waals surface area (Å²) in [6.07, 6.45) is 3.34. The monoisotopic (exact) mass is 549 g/mol. The first kappa shape index (κ1) is 23.7. The lowest BCUT2D eigenvalue weighted by molar-refractivity contribution is -0.687. The number of rotatable bonds is 7. The van der Waals surface area contributed by atoms with Crippen LogP contribution >= 0.6 is 34.6 Å². The van der Waals surface area contributed by atoms with Crippen molar-refractivity contribution in [3.63, 3.8) is 0 Å². The number of β-lactam (4-membered cyclic amide) rings is 1. The van der Waals surface area contributed by atoms with Gasteiger partial charge >= 0.3 is 0 Å². The van der Waals surface area contributed by atoms with Crippen LogP contribution in [0.4, 0.5) is 5.13 Å². The number of primary amides is 1. The van der Waals surface area contributed by atoms with Gasteiger partial charge in [0, 0.05) is 28.2 Å². The van der Waals surface area contributed by atoms with Crippen molar-refractivity contribution in [2.45, 2.75) is 18.0 Å². The van der Waals surface area contributed by atoms with Crippen molar-refractivity contribution in [3.8, 4) is 0 Å². The number of amides is 3. The number of thiazole rings is 1. The van der Waals surface area contributed by atoms with Crippen LogP contribution in [0.5, 0.6) is 0 Å². The summed E-state index contributed by atoms with van der Waals surface area (Å²) < 4.78 is 7.07. The summed E-state index contributed by atoms with van der Waals surface area (Å²) in [6, 6.07) is -1.07. The van der Waals surface area contributed by atoms with E-state index in [1.165, 1.54) is 23.1 Å². The van der Waals surface area contributed by atoms with Crippen molar-refractivity contribution < 1.29 is 34.1 Å². The lowest BCUT2D eigenvalue weighted by atomic mass is 10.0. The van der Waals surface area contributed by atoms with E-state index in [2.05, 4.69) is 19.8 Å². The molecule has 3 aromatic rings. The molecule has 0 aliphatic carbocycles. The minimum absolute atomic E-state index is 0.0516.